The van der Waals surface area contributed by atoms with Gasteiger partial charge < -0.3 is 31.1 Å². The van der Waals surface area contributed by atoms with Gasteiger partial charge in [-0.15, -0.1) is 0 Å². The van der Waals surface area contributed by atoms with Crippen molar-refractivity contribution in [2.75, 3.05) is 39.3 Å². The molecule has 8 atom stereocenters. The van der Waals surface area contributed by atoms with Crippen LogP contribution < -0.4 is 21.3 Å². The first kappa shape index (κ1) is 44.5. The summed E-state index contributed by atoms with van der Waals surface area (Å²) in [5.74, 6) is -3.85. The Balaban J connectivity index is 0.993. The lowest BCUT2D eigenvalue weighted by Crippen LogP contribution is -2.43. The van der Waals surface area contributed by atoms with Crippen molar-refractivity contribution in [3.63, 3.8) is 0 Å². The molecule has 4 N–H and O–H groups in total. The van der Waals surface area contributed by atoms with Crippen molar-refractivity contribution in [3.05, 3.63) is 107 Å². The van der Waals surface area contributed by atoms with E-state index in [1.165, 1.54) is 11.1 Å². The molecular weight excluding hydrogens is 781 g/mol. The summed E-state index contributed by atoms with van der Waals surface area (Å²) in [6.07, 6.45) is 9.77. The van der Waals surface area contributed by atoms with Gasteiger partial charge in [-0.1, -0.05) is 113 Å². The first-order valence-corrected chi connectivity index (χ1v) is 23.1. The third kappa shape index (κ3) is 11.1. The Hall–Kier alpha value is -5.52. The van der Waals surface area contributed by atoms with E-state index in [1.54, 1.807) is 34.1 Å². The summed E-state index contributed by atoms with van der Waals surface area (Å²) in [6.45, 7) is 5.75. The molecule has 2 saturated carbocycles. The summed E-state index contributed by atoms with van der Waals surface area (Å²) in [5, 5.41) is 12.4. The van der Waals surface area contributed by atoms with Crippen LogP contribution in [0.5, 0.6) is 0 Å². The molecule has 6 amide bonds. The molecule has 0 bridgehead atoms. The molecule has 3 aromatic carbocycles. The van der Waals surface area contributed by atoms with E-state index in [9.17, 15) is 28.8 Å². The number of amides is 6. The molecule has 3 aromatic rings. The van der Waals surface area contributed by atoms with Crippen LogP contribution in [0.15, 0.2) is 84.9 Å². The maximum Gasteiger partial charge on any atom is 0.253 e. The minimum atomic E-state index is -0.719. The Morgan fingerprint density at radius 2 is 0.823 bits per heavy atom. The molecule has 7 rings (SSSR count). The number of carbonyl (C=O) groups is 6. The highest BCUT2D eigenvalue weighted by Crippen LogP contribution is 2.43. The number of carbonyl (C=O) groups excluding carboxylic acids is 6. The molecule has 0 radical (unpaired) electrons. The average molecular weight is 845 g/mol. The van der Waals surface area contributed by atoms with Gasteiger partial charge in [0.15, 0.2) is 0 Å². The van der Waals surface area contributed by atoms with Gasteiger partial charge in [0.05, 0.1) is 23.7 Å². The third-order valence-electron chi connectivity index (χ3n) is 13.3. The van der Waals surface area contributed by atoms with Gasteiger partial charge in [-0.25, -0.2) is 0 Å². The van der Waals surface area contributed by atoms with Crippen LogP contribution in [-0.4, -0.2) is 96.6 Å². The fourth-order valence-corrected chi connectivity index (χ4v) is 9.34. The zero-order valence-electron chi connectivity index (χ0n) is 36.4. The van der Waals surface area contributed by atoms with Crippen LogP contribution in [-0.2, 0) is 19.2 Å². The molecule has 330 valence electrons. The Bertz CT molecular complexity index is 1920. The molecule has 2 saturated heterocycles. The second-order valence-corrected chi connectivity index (χ2v) is 17.9. The van der Waals surface area contributed by atoms with E-state index < -0.39 is 23.7 Å². The second kappa shape index (κ2) is 21.0. The molecule has 12 nitrogen and oxygen atoms in total. The normalized spacial score (nSPS) is 24.9. The van der Waals surface area contributed by atoms with Gasteiger partial charge in [0.25, 0.3) is 11.8 Å². The summed E-state index contributed by atoms with van der Waals surface area (Å²) < 4.78 is 0. The van der Waals surface area contributed by atoms with Crippen molar-refractivity contribution in [1.29, 1.82) is 0 Å². The molecule has 0 aromatic heterocycles. The maximum atomic E-state index is 14.1. The predicted molar refractivity (Wildman–Crippen MR) is 238 cm³/mol. The van der Waals surface area contributed by atoms with Gasteiger partial charge in [-0.05, 0) is 61.1 Å². The fraction of sp³-hybridized carbons (Fsp3) is 0.520. The molecule has 4 aliphatic rings. The molecule has 12 heteroatoms. The van der Waals surface area contributed by atoms with E-state index in [-0.39, 0.29) is 85.5 Å². The highest BCUT2D eigenvalue weighted by molar-refractivity contribution is 6.00. The van der Waals surface area contributed by atoms with Gasteiger partial charge in [0, 0.05) is 74.3 Å². The van der Waals surface area contributed by atoms with E-state index >= 15 is 0 Å². The summed E-state index contributed by atoms with van der Waals surface area (Å²) in [7, 11) is 0. The zero-order valence-corrected chi connectivity index (χ0v) is 36.4. The Labute approximate surface area is 366 Å². The molecule has 2 heterocycles. The Morgan fingerprint density at radius 1 is 0.468 bits per heavy atom. The molecule has 62 heavy (non-hydrogen) atoms. The molecular formula is C50H64N6O6. The Kier molecular flexibility index (Phi) is 15.1. The van der Waals surface area contributed by atoms with Crippen LogP contribution in [0.1, 0.15) is 122 Å². The number of hydrogen-bond donors (Lipinski definition) is 4. The van der Waals surface area contributed by atoms with Gasteiger partial charge in [0.2, 0.25) is 23.6 Å². The van der Waals surface area contributed by atoms with Gasteiger partial charge in [0.1, 0.15) is 0 Å². The SMILES string of the molecule is CCCCCCNC(=O)[C@@H]1CN(C(=O)c2ccc(C(=O)N3C[C@@H](C(=O)N[C@H]4C[C@@H]4c4ccccc4)[C@H](C(=O)N[C@@H]4C[C@H]4c4ccccc4)C3)cc2)C[C@H]1C(=O)NCCCCCC. The molecule has 0 unspecified atom stereocenters. The van der Waals surface area contributed by atoms with Crippen molar-refractivity contribution in [2.45, 2.75) is 102 Å². The summed E-state index contributed by atoms with van der Waals surface area (Å²) in [5.41, 5.74) is 3.01. The second-order valence-electron chi connectivity index (χ2n) is 17.9. The number of benzene rings is 3. The average Bonchev–Trinajstić information content (AvgIpc) is 4.14. The van der Waals surface area contributed by atoms with Crippen LogP contribution in [0.3, 0.4) is 0 Å². The van der Waals surface area contributed by atoms with E-state index in [2.05, 4.69) is 59.4 Å². The van der Waals surface area contributed by atoms with E-state index in [0.717, 1.165) is 64.2 Å². The highest BCUT2D eigenvalue weighted by Gasteiger charge is 2.49. The minimum Gasteiger partial charge on any atom is -0.356 e. The molecule has 2 aliphatic carbocycles. The van der Waals surface area contributed by atoms with Crippen molar-refractivity contribution in [2.24, 2.45) is 23.7 Å². The number of likely N-dealkylation sites (tertiary alicyclic amines) is 2. The summed E-state index contributed by atoms with van der Waals surface area (Å²) in [4.78, 5) is 85.8. The standard InChI is InChI=1S/C50H64N6O6/c1-3-5-7-15-25-51-45(57)39-29-55(30-40(39)46(58)52-26-16-8-6-4-2)49(61)35-21-23-36(24-22-35)50(62)56-31-41(47(59)53-43-27-37(43)33-17-11-9-12-18-33)42(32-56)48(60)54-44-28-38(44)34-19-13-10-14-20-34/h9-14,17-24,37-44H,3-8,15-16,25-32H2,1-2H3,(H,51,57)(H,52,58)(H,53,59)(H,54,60)/t37-,38+,39-,40-,41-,42-,43+,44-/m1/s1. The lowest BCUT2D eigenvalue weighted by molar-refractivity contribution is -0.133. The number of nitrogens with zero attached hydrogens (tertiary/aromatic N) is 2. The quantitative estimate of drug-likeness (QED) is 0.105. The zero-order chi connectivity index (χ0) is 43.6. The number of rotatable bonds is 20. The molecule has 2 aliphatic heterocycles. The van der Waals surface area contributed by atoms with E-state index in [1.807, 2.05) is 36.4 Å². The van der Waals surface area contributed by atoms with Crippen LogP contribution >= 0.6 is 0 Å². The number of unbranched alkanes of at least 4 members (excludes halogenated alkanes) is 6. The van der Waals surface area contributed by atoms with Crippen LogP contribution in [0.25, 0.3) is 0 Å². The van der Waals surface area contributed by atoms with Gasteiger partial charge in [-0.2, -0.15) is 0 Å². The third-order valence-corrected chi connectivity index (χ3v) is 13.3. The van der Waals surface area contributed by atoms with Gasteiger partial charge in [-0.3, -0.25) is 28.8 Å². The van der Waals surface area contributed by atoms with Crippen LogP contribution in [0, 0.1) is 23.7 Å². The van der Waals surface area contributed by atoms with E-state index in [0.29, 0.717) is 24.2 Å². The lowest BCUT2D eigenvalue weighted by Gasteiger charge is -2.18. The topological polar surface area (TPSA) is 157 Å². The monoisotopic (exact) mass is 844 g/mol. The lowest BCUT2D eigenvalue weighted by atomic mass is 9.94. The van der Waals surface area contributed by atoms with Crippen LogP contribution in [0.2, 0.25) is 0 Å². The predicted octanol–water partition coefficient (Wildman–Crippen LogP) is 5.80. The van der Waals surface area contributed by atoms with Crippen molar-refractivity contribution < 1.29 is 28.8 Å². The smallest absolute Gasteiger partial charge is 0.253 e. The van der Waals surface area contributed by atoms with Gasteiger partial charge >= 0.3 is 0 Å². The first-order valence-electron chi connectivity index (χ1n) is 23.1. The van der Waals surface area contributed by atoms with Crippen molar-refractivity contribution in [3.8, 4) is 0 Å². The first-order chi connectivity index (χ1) is 30.2. The number of hydrogen-bond acceptors (Lipinski definition) is 6. The van der Waals surface area contributed by atoms with Crippen molar-refractivity contribution in [1.82, 2.24) is 31.1 Å². The van der Waals surface area contributed by atoms with Crippen LogP contribution in [0.4, 0.5) is 0 Å². The maximum absolute atomic E-state index is 14.1. The number of nitrogens with one attached hydrogen (secondary N) is 4. The summed E-state index contributed by atoms with van der Waals surface area (Å²) in [6, 6.07) is 26.5. The summed E-state index contributed by atoms with van der Waals surface area (Å²) >= 11 is 0. The molecule has 0 spiro atoms. The minimum absolute atomic E-state index is 0.0228. The molecule has 4 fully saturated rings. The van der Waals surface area contributed by atoms with E-state index in [4.69, 9.17) is 0 Å². The fourth-order valence-electron chi connectivity index (χ4n) is 9.34. The Morgan fingerprint density at radius 3 is 1.18 bits per heavy atom. The highest BCUT2D eigenvalue weighted by atomic mass is 16.2. The van der Waals surface area contributed by atoms with Crippen molar-refractivity contribution >= 4 is 35.4 Å². The largest absolute Gasteiger partial charge is 0.356 e.